The van der Waals surface area contributed by atoms with Crippen molar-refractivity contribution in [1.29, 1.82) is 0 Å². The number of nitrogens with zero attached hydrogens (tertiary/aromatic N) is 1. The van der Waals surface area contributed by atoms with Gasteiger partial charge in [-0.3, -0.25) is 4.79 Å². The molecule has 0 aromatic heterocycles. The Bertz CT molecular complexity index is 424. The number of rotatable bonds is 2. The second-order valence-corrected chi connectivity index (χ2v) is 4.36. The number of benzene rings is 1. The van der Waals surface area contributed by atoms with Gasteiger partial charge in [0.15, 0.2) is 0 Å². The summed E-state index contributed by atoms with van der Waals surface area (Å²) in [6.45, 7) is 0.482. The number of alkyl halides is 1. The van der Waals surface area contributed by atoms with E-state index in [0.717, 1.165) is 0 Å². The van der Waals surface area contributed by atoms with E-state index >= 15 is 0 Å². The largest absolute Gasteiger partial charge is 0.326 e. The van der Waals surface area contributed by atoms with Crippen LogP contribution in [0.1, 0.15) is 12.0 Å². The fraction of sp³-hybridized carbons (Fsp3) is 0.364. The molecular weight excluding hydrogens is 231 g/mol. The Labute approximate surface area is 98.0 Å². The van der Waals surface area contributed by atoms with Crippen molar-refractivity contribution in [3.05, 3.63) is 29.6 Å². The van der Waals surface area contributed by atoms with Crippen molar-refractivity contribution in [3.8, 4) is 0 Å². The van der Waals surface area contributed by atoms with Crippen LogP contribution in [0.5, 0.6) is 0 Å². The highest BCUT2D eigenvalue weighted by atomic mass is 35.5. The zero-order chi connectivity index (χ0) is 11.7. The van der Waals surface area contributed by atoms with Gasteiger partial charge < -0.3 is 10.6 Å². The predicted molar refractivity (Wildman–Crippen MR) is 60.9 cm³/mol. The van der Waals surface area contributed by atoms with E-state index in [2.05, 4.69) is 0 Å². The molecule has 1 fully saturated rings. The quantitative estimate of drug-likeness (QED) is 0.802. The lowest BCUT2D eigenvalue weighted by Crippen LogP contribution is -2.26. The fourth-order valence-corrected chi connectivity index (χ4v) is 2.17. The molecule has 0 radical (unpaired) electrons. The molecule has 3 nitrogen and oxygen atoms in total. The van der Waals surface area contributed by atoms with Crippen LogP contribution in [0, 0.1) is 5.82 Å². The van der Waals surface area contributed by atoms with Gasteiger partial charge in [-0.25, -0.2) is 4.39 Å². The molecule has 1 atom stereocenters. The maximum absolute atomic E-state index is 13.5. The standard InChI is InChI=1S/C11H12ClFN2O/c12-7-4-11(16)15(6-7)10-3-1-2-9(13)8(10)5-14/h1-3,7H,4-6,14H2. The van der Waals surface area contributed by atoms with Crippen LogP contribution in [0.25, 0.3) is 0 Å². The summed E-state index contributed by atoms with van der Waals surface area (Å²) in [5, 5.41) is -0.207. The van der Waals surface area contributed by atoms with Crippen LogP contribution in [0.4, 0.5) is 10.1 Å². The number of hydrogen-bond acceptors (Lipinski definition) is 2. The molecule has 1 heterocycles. The summed E-state index contributed by atoms with van der Waals surface area (Å²) in [5.41, 5.74) is 6.39. The number of halogens is 2. The van der Waals surface area contributed by atoms with E-state index in [0.29, 0.717) is 24.2 Å². The zero-order valence-corrected chi connectivity index (χ0v) is 9.38. The molecule has 5 heteroatoms. The van der Waals surface area contributed by atoms with Gasteiger partial charge in [0.2, 0.25) is 5.91 Å². The predicted octanol–water partition coefficient (Wildman–Crippen LogP) is 1.63. The summed E-state index contributed by atoms with van der Waals surface area (Å²) in [5.74, 6) is -0.467. The van der Waals surface area contributed by atoms with Crippen molar-refractivity contribution in [3.63, 3.8) is 0 Å². The molecule has 2 N–H and O–H groups in total. The van der Waals surface area contributed by atoms with Crippen LogP contribution < -0.4 is 10.6 Å². The minimum atomic E-state index is -0.383. The number of amides is 1. The molecule has 1 aliphatic rings. The van der Waals surface area contributed by atoms with Gasteiger partial charge in [0, 0.05) is 25.1 Å². The van der Waals surface area contributed by atoms with Gasteiger partial charge >= 0.3 is 0 Å². The first-order chi connectivity index (χ1) is 7.63. The first-order valence-corrected chi connectivity index (χ1v) is 5.49. The summed E-state index contributed by atoms with van der Waals surface area (Å²) in [6, 6.07) is 4.60. The average Bonchev–Trinajstić information content (AvgIpc) is 2.57. The number of hydrogen-bond donors (Lipinski definition) is 1. The second kappa shape index (κ2) is 4.39. The molecule has 1 saturated heterocycles. The van der Waals surface area contributed by atoms with Crippen molar-refractivity contribution in [2.24, 2.45) is 5.73 Å². The normalized spacial score (nSPS) is 20.6. The third-order valence-electron chi connectivity index (χ3n) is 2.67. The lowest BCUT2D eigenvalue weighted by molar-refractivity contribution is -0.117. The van der Waals surface area contributed by atoms with E-state index in [1.807, 2.05) is 0 Å². The maximum Gasteiger partial charge on any atom is 0.228 e. The smallest absolute Gasteiger partial charge is 0.228 e. The van der Waals surface area contributed by atoms with Gasteiger partial charge in [-0.1, -0.05) is 6.07 Å². The lowest BCUT2D eigenvalue weighted by Gasteiger charge is -2.19. The third-order valence-corrected chi connectivity index (χ3v) is 2.96. The van der Waals surface area contributed by atoms with Crippen molar-refractivity contribution >= 4 is 23.2 Å². The molecule has 16 heavy (non-hydrogen) atoms. The number of carbonyl (C=O) groups excluding carboxylic acids is 1. The zero-order valence-electron chi connectivity index (χ0n) is 8.62. The van der Waals surface area contributed by atoms with E-state index in [-0.39, 0.29) is 23.6 Å². The Balaban J connectivity index is 2.40. The van der Waals surface area contributed by atoms with Crippen molar-refractivity contribution in [2.45, 2.75) is 18.3 Å². The molecule has 0 bridgehead atoms. The highest BCUT2D eigenvalue weighted by Gasteiger charge is 2.30. The molecular formula is C11H12ClFN2O. The summed E-state index contributed by atoms with van der Waals surface area (Å²) in [4.78, 5) is 13.1. The lowest BCUT2D eigenvalue weighted by atomic mass is 10.1. The summed E-state index contributed by atoms with van der Waals surface area (Å²) < 4.78 is 13.5. The molecule has 1 aliphatic heterocycles. The molecule has 0 spiro atoms. The van der Waals surface area contributed by atoms with Gasteiger partial charge in [0.05, 0.1) is 11.1 Å². The Morgan fingerprint density at radius 1 is 1.56 bits per heavy atom. The van der Waals surface area contributed by atoms with Crippen LogP contribution >= 0.6 is 11.6 Å². The fourth-order valence-electron chi connectivity index (χ4n) is 1.90. The van der Waals surface area contributed by atoms with Crippen LogP contribution in [-0.4, -0.2) is 17.8 Å². The molecule has 1 aromatic rings. The van der Waals surface area contributed by atoms with Crippen molar-refractivity contribution < 1.29 is 9.18 Å². The molecule has 1 aromatic carbocycles. The van der Waals surface area contributed by atoms with E-state index in [1.54, 1.807) is 12.1 Å². The Morgan fingerprint density at radius 2 is 2.31 bits per heavy atom. The summed E-state index contributed by atoms with van der Waals surface area (Å²) >= 11 is 5.90. The average molecular weight is 243 g/mol. The van der Waals surface area contributed by atoms with Gasteiger partial charge in [-0.2, -0.15) is 0 Å². The molecule has 0 aliphatic carbocycles. The van der Waals surface area contributed by atoms with Crippen molar-refractivity contribution in [1.82, 2.24) is 0 Å². The number of anilines is 1. The highest BCUT2D eigenvalue weighted by Crippen LogP contribution is 2.28. The topological polar surface area (TPSA) is 46.3 Å². The molecule has 1 unspecified atom stereocenters. The second-order valence-electron chi connectivity index (χ2n) is 3.75. The van der Waals surface area contributed by atoms with Gasteiger partial charge in [-0.15, -0.1) is 11.6 Å². The van der Waals surface area contributed by atoms with Gasteiger partial charge in [0.25, 0.3) is 0 Å². The number of carbonyl (C=O) groups is 1. The first-order valence-electron chi connectivity index (χ1n) is 5.05. The van der Waals surface area contributed by atoms with E-state index in [9.17, 15) is 9.18 Å². The molecule has 2 rings (SSSR count). The van der Waals surface area contributed by atoms with Crippen LogP contribution in [0.15, 0.2) is 18.2 Å². The SMILES string of the molecule is NCc1c(F)cccc1N1CC(Cl)CC1=O. The monoisotopic (exact) mass is 242 g/mol. The van der Waals surface area contributed by atoms with Crippen LogP contribution in [0.2, 0.25) is 0 Å². The Hall–Kier alpha value is -1.13. The molecule has 1 amide bonds. The van der Waals surface area contributed by atoms with Gasteiger partial charge in [0.1, 0.15) is 5.82 Å². The molecule has 86 valence electrons. The first kappa shape index (κ1) is 11.4. The van der Waals surface area contributed by atoms with Crippen molar-refractivity contribution in [2.75, 3.05) is 11.4 Å². The van der Waals surface area contributed by atoms with Gasteiger partial charge in [-0.05, 0) is 12.1 Å². The minimum absolute atomic E-state index is 0.0682. The van der Waals surface area contributed by atoms with Crippen LogP contribution in [0.3, 0.4) is 0 Å². The Kier molecular flexibility index (Phi) is 3.12. The highest BCUT2D eigenvalue weighted by molar-refractivity contribution is 6.24. The Morgan fingerprint density at radius 3 is 2.88 bits per heavy atom. The third kappa shape index (κ3) is 1.90. The summed E-state index contributed by atoms with van der Waals surface area (Å²) in [6.07, 6.45) is 0.294. The van der Waals surface area contributed by atoms with E-state index < -0.39 is 0 Å². The molecule has 0 saturated carbocycles. The van der Waals surface area contributed by atoms with E-state index in [4.69, 9.17) is 17.3 Å². The van der Waals surface area contributed by atoms with Crippen LogP contribution in [-0.2, 0) is 11.3 Å². The van der Waals surface area contributed by atoms with E-state index in [1.165, 1.54) is 11.0 Å². The minimum Gasteiger partial charge on any atom is -0.326 e. The number of nitrogens with two attached hydrogens (primary N) is 1. The maximum atomic E-state index is 13.5. The summed E-state index contributed by atoms with van der Waals surface area (Å²) in [7, 11) is 0.